The number of aromatic nitrogens is 2. The van der Waals surface area contributed by atoms with Crippen molar-refractivity contribution in [2.75, 3.05) is 0 Å². The SMILES string of the molecule is CC/C=C/c1ccnc(CC)n1. The van der Waals surface area contributed by atoms with Crippen LogP contribution in [0.3, 0.4) is 0 Å². The molecule has 1 heterocycles. The highest BCUT2D eigenvalue weighted by Gasteiger charge is 1.91. The van der Waals surface area contributed by atoms with Crippen LogP contribution in [0.15, 0.2) is 18.3 Å². The summed E-state index contributed by atoms with van der Waals surface area (Å²) >= 11 is 0. The van der Waals surface area contributed by atoms with Gasteiger partial charge in [0.2, 0.25) is 0 Å². The molecule has 2 heteroatoms. The molecule has 0 aliphatic heterocycles. The van der Waals surface area contributed by atoms with Gasteiger partial charge in [0.05, 0.1) is 5.69 Å². The topological polar surface area (TPSA) is 25.8 Å². The molecule has 0 bridgehead atoms. The van der Waals surface area contributed by atoms with Gasteiger partial charge in [-0.3, -0.25) is 0 Å². The van der Waals surface area contributed by atoms with E-state index in [1.165, 1.54) is 0 Å². The minimum Gasteiger partial charge on any atom is -0.241 e. The zero-order valence-electron chi connectivity index (χ0n) is 7.62. The monoisotopic (exact) mass is 162 g/mol. The molecule has 1 aromatic rings. The summed E-state index contributed by atoms with van der Waals surface area (Å²) in [6.07, 6.45) is 7.88. The Kier molecular flexibility index (Phi) is 3.45. The summed E-state index contributed by atoms with van der Waals surface area (Å²) in [5.74, 6) is 0.910. The number of nitrogens with zero attached hydrogens (tertiary/aromatic N) is 2. The first-order valence-corrected chi connectivity index (χ1v) is 4.35. The maximum absolute atomic E-state index is 4.33. The Bertz CT molecular complexity index is 266. The first kappa shape index (κ1) is 8.91. The molecule has 0 aromatic carbocycles. The molecule has 0 unspecified atom stereocenters. The summed E-state index contributed by atoms with van der Waals surface area (Å²) in [6, 6.07) is 1.92. The molecule has 12 heavy (non-hydrogen) atoms. The third-order valence-electron chi connectivity index (χ3n) is 1.57. The highest BCUT2D eigenvalue weighted by atomic mass is 14.9. The smallest absolute Gasteiger partial charge is 0.128 e. The minimum atomic E-state index is 0.897. The average Bonchev–Trinajstić information content (AvgIpc) is 2.15. The van der Waals surface area contributed by atoms with Crippen LogP contribution in [-0.4, -0.2) is 9.97 Å². The van der Waals surface area contributed by atoms with Gasteiger partial charge in [-0.2, -0.15) is 0 Å². The molecule has 0 saturated carbocycles. The molecule has 0 fully saturated rings. The zero-order chi connectivity index (χ0) is 8.81. The molecule has 0 amide bonds. The van der Waals surface area contributed by atoms with Crippen LogP contribution in [0.4, 0.5) is 0 Å². The second-order valence-corrected chi connectivity index (χ2v) is 2.56. The molecule has 0 aliphatic carbocycles. The summed E-state index contributed by atoms with van der Waals surface area (Å²) in [4.78, 5) is 8.45. The Balaban J connectivity index is 2.79. The molecule has 0 N–H and O–H groups in total. The Labute approximate surface area is 73.4 Å². The Morgan fingerprint density at radius 1 is 1.42 bits per heavy atom. The number of aryl methyl sites for hydroxylation is 1. The van der Waals surface area contributed by atoms with Crippen molar-refractivity contribution in [1.82, 2.24) is 9.97 Å². The fourth-order valence-corrected chi connectivity index (χ4v) is 0.917. The number of allylic oxidation sites excluding steroid dienone is 1. The molecule has 0 atom stereocenters. The molecule has 1 aromatic heterocycles. The van der Waals surface area contributed by atoms with Gasteiger partial charge in [-0.25, -0.2) is 9.97 Å². The lowest BCUT2D eigenvalue weighted by atomic mass is 10.3. The van der Waals surface area contributed by atoms with E-state index in [1.54, 1.807) is 6.20 Å². The first-order chi connectivity index (χ1) is 5.86. The fourth-order valence-electron chi connectivity index (χ4n) is 0.917. The summed E-state index contributed by atoms with van der Waals surface area (Å²) in [5.41, 5.74) is 1.00. The normalized spacial score (nSPS) is 10.8. The Morgan fingerprint density at radius 3 is 2.92 bits per heavy atom. The van der Waals surface area contributed by atoms with Gasteiger partial charge in [0, 0.05) is 12.6 Å². The molecule has 0 saturated heterocycles. The van der Waals surface area contributed by atoms with Crippen LogP contribution in [0, 0.1) is 0 Å². The van der Waals surface area contributed by atoms with Gasteiger partial charge in [-0.05, 0) is 18.6 Å². The minimum absolute atomic E-state index is 0.897. The van der Waals surface area contributed by atoms with Gasteiger partial charge in [-0.15, -0.1) is 0 Å². The van der Waals surface area contributed by atoms with E-state index in [0.717, 1.165) is 24.4 Å². The number of hydrogen-bond donors (Lipinski definition) is 0. The van der Waals surface area contributed by atoms with E-state index in [1.807, 2.05) is 12.1 Å². The highest BCUT2D eigenvalue weighted by Crippen LogP contribution is 1.99. The van der Waals surface area contributed by atoms with Crippen molar-refractivity contribution in [1.29, 1.82) is 0 Å². The van der Waals surface area contributed by atoms with E-state index in [-0.39, 0.29) is 0 Å². The van der Waals surface area contributed by atoms with E-state index < -0.39 is 0 Å². The molecule has 0 aliphatic rings. The maximum atomic E-state index is 4.33. The molecular weight excluding hydrogens is 148 g/mol. The second-order valence-electron chi connectivity index (χ2n) is 2.56. The second kappa shape index (κ2) is 4.65. The van der Waals surface area contributed by atoms with E-state index in [2.05, 4.69) is 29.9 Å². The van der Waals surface area contributed by atoms with Crippen molar-refractivity contribution in [3.8, 4) is 0 Å². The van der Waals surface area contributed by atoms with Crippen LogP contribution in [0.25, 0.3) is 6.08 Å². The lowest BCUT2D eigenvalue weighted by Crippen LogP contribution is -1.92. The largest absolute Gasteiger partial charge is 0.241 e. The number of rotatable bonds is 3. The predicted octanol–water partition coefficient (Wildman–Crippen LogP) is 2.46. The van der Waals surface area contributed by atoms with E-state index >= 15 is 0 Å². The lowest BCUT2D eigenvalue weighted by Gasteiger charge is -1.95. The Hall–Kier alpha value is -1.18. The van der Waals surface area contributed by atoms with Crippen molar-refractivity contribution in [3.05, 3.63) is 29.9 Å². The van der Waals surface area contributed by atoms with Crippen molar-refractivity contribution in [3.63, 3.8) is 0 Å². The first-order valence-electron chi connectivity index (χ1n) is 4.35. The highest BCUT2D eigenvalue weighted by molar-refractivity contribution is 5.43. The van der Waals surface area contributed by atoms with Gasteiger partial charge in [0.15, 0.2) is 0 Å². The van der Waals surface area contributed by atoms with Crippen LogP contribution >= 0.6 is 0 Å². The predicted molar refractivity (Wildman–Crippen MR) is 50.7 cm³/mol. The van der Waals surface area contributed by atoms with Gasteiger partial charge in [0.1, 0.15) is 5.82 Å². The maximum Gasteiger partial charge on any atom is 0.128 e. The molecular formula is C10H14N2. The van der Waals surface area contributed by atoms with Crippen LogP contribution in [0.1, 0.15) is 31.8 Å². The quantitative estimate of drug-likeness (QED) is 0.682. The summed E-state index contributed by atoms with van der Waals surface area (Å²) in [5, 5.41) is 0. The third kappa shape index (κ3) is 2.46. The van der Waals surface area contributed by atoms with E-state index in [0.29, 0.717) is 0 Å². The van der Waals surface area contributed by atoms with Crippen molar-refractivity contribution in [2.45, 2.75) is 26.7 Å². The molecule has 2 nitrogen and oxygen atoms in total. The summed E-state index contributed by atoms with van der Waals surface area (Å²) in [6.45, 7) is 4.17. The van der Waals surface area contributed by atoms with Gasteiger partial charge < -0.3 is 0 Å². The molecule has 1 rings (SSSR count). The molecule has 0 spiro atoms. The standard InChI is InChI=1S/C10H14N2/c1-3-5-6-9-7-8-11-10(4-2)12-9/h5-8H,3-4H2,1-2H3/b6-5+. The van der Waals surface area contributed by atoms with Gasteiger partial charge in [-0.1, -0.05) is 19.9 Å². The van der Waals surface area contributed by atoms with Gasteiger partial charge >= 0.3 is 0 Å². The van der Waals surface area contributed by atoms with Gasteiger partial charge in [0.25, 0.3) is 0 Å². The van der Waals surface area contributed by atoms with E-state index in [9.17, 15) is 0 Å². The number of hydrogen-bond acceptors (Lipinski definition) is 2. The summed E-state index contributed by atoms with van der Waals surface area (Å²) < 4.78 is 0. The van der Waals surface area contributed by atoms with Crippen molar-refractivity contribution < 1.29 is 0 Å². The molecule has 64 valence electrons. The summed E-state index contributed by atoms with van der Waals surface area (Å²) in [7, 11) is 0. The average molecular weight is 162 g/mol. The Morgan fingerprint density at radius 2 is 2.25 bits per heavy atom. The van der Waals surface area contributed by atoms with Crippen molar-refractivity contribution in [2.24, 2.45) is 0 Å². The third-order valence-corrected chi connectivity index (χ3v) is 1.57. The van der Waals surface area contributed by atoms with Crippen molar-refractivity contribution >= 4 is 6.08 Å². The van der Waals surface area contributed by atoms with Crippen LogP contribution in [-0.2, 0) is 6.42 Å². The van der Waals surface area contributed by atoms with E-state index in [4.69, 9.17) is 0 Å². The molecule has 0 radical (unpaired) electrons. The van der Waals surface area contributed by atoms with Crippen LogP contribution in [0.5, 0.6) is 0 Å². The van der Waals surface area contributed by atoms with Crippen LogP contribution in [0.2, 0.25) is 0 Å². The lowest BCUT2D eigenvalue weighted by molar-refractivity contribution is 0.933. The van der Waals surface area contributed by atoms with Crippen LogP contribution < -0.4 is 0 Å². The fraction of sp³-hybridized carbons (Fsp3) is 0.400. The zero-order valence-corrected chi connectivity index (χ0v) is 7.62.